The largest absolute Gasteiger partial charge is 0.441 e. The molecule has 0 amide bonds. The molecule has 4 heteroatoms. The summed E-state index contributed by atoms with van der Waals surface area (Å²) in [5.41, 5.74) is 8.42. The molecule has 2 rings (SSSR count). The molecule has 0 aliphatic rings. The van der Waals surface area contributed by atoms with Crippen LogP contribution < -0.4 is 5.73 Å². The highest BCUT2D eigenvalue weighted by molar-refractivity contribution is 5.73. The number of methoxy groups -OCH3 is 1. The lowest BCUT2D eigenvalue weighted by Gasteiger charge is -2.09. The van der Waals surface area contributed by atoms with Gasteiger partial charge in [0.15, 0.2) is 11.5 Å². The van der Waals surface area contributed by atoms with E-state index in [9.17, 15) is 0 Å². The molecule has 0 fully saturated rings. The quantitative estimate of drug-likeness (QED) is 0.851. The molecule has 0 aliphatic carbocycles. The van der Waals surface area contributed by atoms with Gasteiger partial charge in [-0.15, -0.1) is 0 Å². The van der Waals surface area contributed by atoms with Crippen molar-refractivity contribution in [3.8, 4) is 0 Å². The lowest BCUT2D eigenvalue weighted by atomic mass is 10.2. The zero-order chi connectivity index (χ0) is 11.5. The highest BCUT2D eigenvalue weighted by Gasteiger charge is 2.12. The van der Waals surface area contributed by atoms with E-state index in [2.05, 4.69) is 4.98 Å². The second-order valence-corrected chi connectivity index (χ2v) is 3.88. The Kier molecular flexibility index (Phi) is 3.22. The molecule has 16 heavy (non-hydrogen) atoms. The van der Waals surface area contributed by atoms with Crippen LogP contribution in [0.5, 0.6) is 0 Å². The number of hydrogen-bond acceptors (Lipinski definition) is 4. The van der Waals surface area contributed by atoms with Gasteiger partial charge in [-0.3, -0.25) is 0 Å². The number of benzene rings is 1. The van der Waals surface area contributed by atoms with Crippen molar-refractivity contribution in [2.24, 2.45) is 5.73 Å². The number of rotatable bonds is 4. The minimum atomic E-state index is -0.0332. The molecule has 0 aliphatic heterocycles. The lowest BCUT2D eigenvalue weighted by molar-refractivity contribution is 0.104. The summed E-state index contributed by atoms with van der Waals surface area (Å²) in [5.74, 6) is 0.679. The van der Waals surface area contributed by atoms with E-state index in [0.717, 1.165) is 16.7 Å². The van der Waals surface area contributed by atoms with Crippen molar-refractivity contribution in [1.82, 2.24) is 4.98 Å². The Bertz CT molecular complexity index is 475. The van der Waals surface area contributed by atoms with Crippen molar-refractivity contribution >= 4 is 11.1 Å². The molecule has 2 N–H and O–H groups in total. The third-order valence-electron chi connectivity index (χ3n) is 2.59. The first-order chi connectivity index (χ1) is 7.72. The molecule has 0 saturated carbocycles. The molecular formula is C12H16N2O2. The van der Waals surface area contributed by atoms with E-state index in [1.165, 1.54) is 0 Å². The van der Waals surface area contributed by atoms with Crippen LogP contribution in [0.3, 0.4) is 0 Å². The second kappa shape index (κ2) is 4.63. The number of fused-ring (bicyclic) bond motifs is 1. The zero-order valence-corrected chi connectivity index (χ0v) is 9.56. The third-order valence-corrected chi connectivity index (χ3v) is 2.59. The summed E-state index contributed by atoms with van der Waals surface area (Å²) in [6.45, 7) is 2.49. The number of ether oxygens (including phenoxy) is 1. The van der Waals surface area contributed by atoms with Gasteiger partial charge in [0.2, 0.25) is 0 Å². The fraction of sp³-hybridized carbons (Fsp3) is 0.417. The van der Waals surface area contributed by atoms with E-state index < -0.39 is 0 Å². The molecule has 1 atom stereocenters. The fourth-order valence-corrected chi connectivity index (χ4v) is 1.62. The summed E-state index contributed by atoms with van der Waals surface area (Å²) in [6, 6.07) is 5.96. The number of nitrogens with zero attached hydrogens (tertiary/aromatic N) is 1. The number of aromatic nitrogens is 1. The van der Waals surface area contributed by atoms with Crippen LogP contribution in [-0.4, -0.2) is 24.7 Å². The topological polar surface area (TPSA) is 61.3 Å². The first-order valence-electron chi connectivity index (χ1n) is 5.32. The van der Waals surface area contributed by atoms with Gasteiger partial charge in [0, 0.05) is 13.7 Å². The Morgan fingerprint density at radius 2 is 2.31 bits per heavy atom. The molecule has 1 unspecified atom stereocenters. The first kappa shape index (κ1) is 11.1. The Morgan fingerprint density at radius 1 is 1.50 bits per heavy atom. The van der Waals surface area contributed by atoms with Crippen LogP contribution >= 0.6 is 0 Å². The van der Waals surface area contributed by atoms with Crippen molar-refractivity contribution in [3.05, 3.63) is 29.7 Å². The minimum Gasteiger partial charge on any atom is -0.441 e. The average Bonchev–Trinajstić information content (AvgIpc) is 2.67. The highest BCUT2D eigenvalue weighted by Crippen LogP contribution is 2.18. The molecule has 0 saturated heterocycles. The van der Waals surface area contributed by atoms with Gasteiger partial charge in [-0.1, -0.05) is 6.07 Å². The molecule has 1 aromatic carbocycles. The maximum atomic E-state index is 5.64. The second-order valence-electron chi connectivity index (χ2n) is 3.88. The molecule has 0 radical (unpaired) electrons. The summed E-state index contributed by atoms with van der Waals surface area (Å²) in [6.07, 6.45) is 0.579. The Morgan fingerprint density at radius 3 is 3.00 bits per heavy atom. The summed E-state index contributed by atoms with van der Waals surface area (Å²) < 4.78 is 10.8. The van der Waals surface area contributed by atoms with E-state index in [1.54, 1.807) is 7.11 Å². The molecular weight excluding hydrogens is 204 g/mol. The molecule has 1 heterocycles. The van der Waals surface area contributed by atoms with E-state index in [1.807, 2.05) is 25.1 Å². The Hall–Kier alpha value is -1.39. The Labute approximate surface area is 94.4 Å². The number of hydrogen-bond donors (Lipinski definition) is 1. The molecule has 0 spiro atoms. The van der Waals surface area contributed by atoms with Crippen LogP contribution in [0, 0.1) is 6.92 Å². The van der Waals surface area contributed by atoms with Crippen LogP contribution in [0.1, 0.15) is 11.5 Å². The monoisotopic (exact) mass is 220 g/mol. The van der Waals surface area contributed by atoms with Gasteiger partial charge in [-0.05, 0) is 24.6 Å². The normalized spacial score (nSPS) is 13.2. The minimum absolute atomic E-state index is 0.0332. The van der Waals surface area contributed by atoms with Crippen molar-refractivity contribution in [1.29, 1.82) is 0 Å². The van der Waals surface area contributed by atoms with Gasteiger partial charge in [0.1, 0.15) is 5.52 Å². The van der Waals surface area contributed by atoms with E-state index in [4.69, 9.17) is 14.9 Å². The van der Waals surface area contributed by atoms with Crippen LogP contribution in [0.25, 0.3) is 11.1 Å². The van der Waals surface area contributed by atoms with Crippen LogP contribution in [0.4, 0.5) is 0 Å². The fourth-order valence-electron chi connectivity index (χ4n) is 1.62. The maximum absolute atomic E-state index is 5.64. The van der Waals surface area contributed by atoms with Gasteiger partial charge in [0.05, 0.1) is 12.5 Å². The lowest BCUT2D eigenvalue weighted by Crippen LogP contribution is -2.24. The standard InChI is InChI=1S/C12H16N2O2/c1-8-3-4-10-11(5-8)16-12(14-10)6-9(7-13)15-2/h3-5,9H,6-7,13H2,1-2H3. The van der Waals surface area contributed by atoms with Crippen molar-refractivity contribution < 1.29 is 9.15 Å². The van der Waals surface area contributed by atoms with Gasteiger partial charge in [-0.25, -0.2) is 4.98 Å². The van der Waals surface area contributed by atoms with Crippen molar-refractivity contribution in [2.75, 3.05) is 13.7 Å². The van der Waals surface area contributed by atoms with Crippen LogP contribution in [0.15, 0.2) is 22.6 Å². The predicted molar refractivity (Wildman–Crippen MR) is 62.3 cm³/mol. The van der Waals surface area contributed by atoms with E-state index in [0.29, 0.717) is 18.9 Å². The summed E-state index contributed by atoms with van der Waals surface area (Å²) in [7, 11) is 1.64. The van der Waals surface area contributed by atoms with Crippen molar-refractivity contribution in [2.45, 2.75) is 19.4 Å². The van der Waals surface area contributed by atoms with Crippen molar-refractivity contribution in [3.63, 3.8) is 0 Å². The molecule has 0 bridgehead atoms. The zero-order valence-electron chi connectivity index (χ0n) is 9.56. The third kappa shape index (κ3) is 2.23. The summed E-state index contributed by atoms with van der Waals surface area (Å²) >= 11 is 0. The van der Waals surface area contributed by atoms with Gasteiger partial charge < -0.3 is 14.9 Å². The smallest absolute Gasteiger partial charge is 0.198 e. The SMILES string of the molecule is COC(CN)Cc1nc2ccc(C)cc2o1. The van der Waals surface area contributed by atoms with E-state index in [-0.39, 0.29) is 6.10 Å². The number of oxazole rings is 1. The summed E-state index contributed by atoms with van der Waals surface area (Å²) in [4.78, 5) is 4.39. The molecule has 86 valence electrons. The summed E-state index contributed by atoms with van der Waals surface area (Å²) in [5, 5.41) is 0. The molecule has 1 aromatic heterocycles. The first-order valence-corrected chi connectivity index (χ1v) is 5.32. The van der Waals surface area contributed by atoms with Gasteiger partial charge >= 0.3 is 0 Å². The Balaban J connectivity index is 2.25. The number of aryl methyl sites for hydroxylation is 1. The van der Waals surface area contributed by atoms with Gasteiger partial charge in [-0.2, -0.15) is 0 Å². The molecule has 4 nitrogen and oxygen atoms in total. The highest BCUT2D eigenvalue weighted by atomic mass is 16.5. The van der Waals surface area contributed by atoms with Crippen LogP contribution in [0.2, 0.25) is 0 Å². The average molecular weight is 220 g/mol. The van der Waals surface area contributed by atoms with Crippen LogP contribution in [-0.2, 0) is 11.2 Å². The van der Waals surface area contributed by atoms with Gasteiger partial charge in [0.25, 0.3) is 0 Å². The molecule has 2 aromatic rings. The number of nitrogens with two attached hydrogens (primary N) is 1. The maximum Gasteiger partial charge on any atom is 0.198 e. The predicted octanol–water partition coefficient (Wildman–Crippen LogP) is 1.65. The van der Waals surface area contributed by atoms with E-state index >= 15 is 0 Å².